The molecule has 0 saturated carbocycles. The van der Waals surface area contributed by atoms with Crippen LogP contribution in [-0.4, -0.2) is 65.3 Å². The monoisotopic (exact) mass is 716 g/mol. The maximum Gasteiger partial charge on any atom is 0.410 e. The minimum atomic E-state index is -3.97. The lowest BCUT2D eigenvalue weighted by Crippen LogP contribution is -2.51. The lowest BCUT2D eigenvalue weighted by molar-refractivity contribution is 0.0124. The highest BCUT2D eigenvalue weighted by Gasteiger charge is 2.33. The van der Waals surface area contributed by atoms with Crippen molar-refractivity contribution in [3.8, 4) is 22.9 Å². The lowest BCUT2D eigenvalue weighted by Gasteiger charge is -2.36. The van der Waals surface area contributed by atoms with Crippen molar-refractivity contribution in [2.24, 2.45) is 0 Å². The van der Waals surface area contributed by atoms with Gasteiger partial charge in [-0.05, 0) is 69.2 Å². The van der Waals surface area contributed by atoms with E-state index >= 15 is 4.39 Å². The highest BCUT2D eigenvalue weighted by Crippen LogP contribution is 2.40. The van der Waals surface area contributed by atoms with E-state index in [1.165, 1.54) is 17.0 Å². The number of aryl methyl sites for hydroxylation is 1. The van der Waals surface area contributed by atoms with Crippen LogP contribution >= 0.6 is 0 Å². The van der Waals surface area contributed by atoms with Gasteiger partial charge in [0.15, 0.2) is 0 Å². The first-order valence-electron chi connectivity index (χ1n) is 16.4. The Balaban J connectivity index is 1.26. The third-order valence-corrected chi connectivity index (χ3v) is 9.27. The van der Waals surface area contributed by atoms with Gasteiger partial charge in [-0.1, -0.05) is 42.5 Å². The molecule has 0 aliphatic carbocycles. The number of hydrogen-bond donors (Lipinski definition) is 2. The molecular formula is C37H38F2N6O5S. The van der Waals surface area contributed by atoms with Crippen molar-refractivity contribution >= 4 is 38.5 Å². The van der Waals surface area contributed by atoms with Gasteiger partial charge in [-0.25, -0.2) is 36.9 Å². The van der Waals surface area contributed by atoms with E-state index < -0.39 is 39.7 Å². The van der Waals surface area contributed by atoms with Crippen molar-refractivity contribution < 1.29 is 31.5 Å². The number of carbonyl (C=O) groups is 1. The summed E-state index contributed by atoms with van der Waals surface area (Å²) in [7, 11) is -3.97. The highest BCUT2D eigenvalue weighted by molar-refractivity contribution is 7.91. The number of aromatic nitrogens is 3. The maximum atomic E-state index is 15.2. The molecule has 0 spiro atoms. The second-order valence-electron chi connectivity index (χ2n) is 13.4. The smallest absolute Gasteiger partial charge is 0.410 e. The Morgan fingerprint density at radius 1 is 0.961 bits per heavy atom. The Labute approximate surface area is 295 Å². The molecule has 1 amide bonds. The van der Waals surface area contributed by atoms with Crippen LogP contribution in [0.5, 0.6) is 11.6 Å². The van der Waals surface area contributed by atoms with Gasteiger partial charge in [0, 0.05) is 42.2 Å². The first kappa shape index (κ1) is 35.5. The number of nitrogens with one attached hydrogen (secondary N) is 2. The van der Waals surface area contributed by atoms with Crippen molar-refractivity contribution in [2.45, 2.75) is 57.7 Å². The molecular weight excluding hydrogens is 679 g/mol. The van der Waals surface area contributed by atoms with Crippen molar-refractivity contribution in [1.29, 1.82) is 0 Å². The van der Waals surface area contributed by atoms with Crippen LogP contribution in [-0.2, 0) is 20.5 Å². The molecule has 3 heterocycles. The Morgan fingerprint density at radius 3 is 2.49 bits per heavy atom. The molecule has 1 fully saturated rings. The standard InChI is InChI=1S/C37H38F2N6O5S/c1-23-12-13-27-28(14-15-30(39)32(27)44-51(47,48)22-24-9-6-5-7-10-24)33(23)49-34-29(11-8-17-40-34)31-16-18-41-35(43-31)42-26-19-25(38)20-45(21-26)36(46)50-37(2,3)4/h5-18,25-26,44H,19-22H2,1-4H3,(H,41,42,43)/t25-,26-/m0/s1. The maximum absolute atomic E-state index is 15.2. The van der Waals surface area contributed by atoms with Gasteiger partial charge in [-0.2, -0.15) is 0 Å². The van der Waals surface area contributed by atoms with E-state index in [4.69, 9.17) is 9.47 Å². The molecule has 5 aromatic rings. The number of alkyl halides is 1. The van der Waals surface area contributed by atoms with Crippen LogP contribution in [0.15, 0.2) is 85.2 Å². The molecule has 1 saturated heterocycles. The number of pyridine rings is 1. The molecule has 0 bridgehead atoms. The molecule has 2 N–H and O–H groups in total. The number of fused-ring (bicyclic) bond motifs is 1. The summed E-state index contributed by atoms with van der Waals surface area (Å²) in [5, 5.41) is 3.92. The molecule has 266 valence electrons. The summed E-state index contributed by atoms with van der Waals surface area (Å²) in [4.78, 5) is 27.4. The molecule has 51 heavy (non-hydrogen) atoms. The summed E-state index contributed by atoms with van der Waals surface area (Å²) in [6, 6.07) is 19.4. The number of anilines is 2. The number of likely N-dealkylation sites (tertiary alicyclic amines) is 1. The van der Waals surface area contributed by atoms with Gasteiger partial charge in [0.25, 0.3) is 0 Å². The fraction of sp³-hybridized carbons (Fsp3) is 0.297. The van der Waals surface area contributed by atoms with Gasteiger partial charge < -0.3 is 19.7 Å². The summed E-state index contributed by atoms with van der Waals surface area (Å²) >= 11 is 0. The zero-order valence-electron chi connectivity index (χ0n) is 28.6. The van der Waals surface area contributed by atoms with E-state index in [9.17, 15) is 17.6 Å². The quantitative estimate of drug-likeness (QED) is 0.158. The Morgan fingerprint density at radius 2 is 1.73 bits per heavy atom. The van der Waals surface area contributed by atoms with Crippen LogP contribution in [0, 0.1) is 12.7 Å². The number of sulfonamides is 1. The molecule has 0 radical (unpaired) electrons. The van der Waals surface area contributed by atoms with Crippen molar-refractivity contribution in [3.63, 3.8) is 0 Å². The molecule has 11 nitrogen and oxygen atoms in total. The van der Waals surface area contributed by atoms with Crippen molar-refractivity contribution in [1.82, 2.24) is 19.9 Å². The number of halogens is 2. The van der Waals surface area contributed by atoms with Gasteiger partial charge >= 0.3 is 6.09 Å². The molecule has 3 aromatic carbocycles. The SMILES string of the molecule is Cc1ccc2c(NS(=O)(=O)Cc3ccccc3)c(F)ccc2c1Oc1ncccc1-c1ccnc(N[C@H]2C[C@H](F)CN(C(=O)OC(C)(C)C)C2)n1. The predicted molar refractivity (Wildman–Crippen MR) is 191 cm³/mol. The summed E-state index contributed by atoms with van der Waals surface area (Å²) < 4.78 is 70.5. The number of piperidine rings is 1. The lowest BCUT2D eigenvalue weighted by atomic mass is 10.0. The van der Waals surface area contributed by atoms with Crippen LogP contribution < -0.4 is 14.8 Å². The molecule has 1 aliphatic rings. The highest BCUT2D eigenvalue weighted by atomic mass is 32.2. The van der Waals surface area contributed by atoms with Crippen molar-refractivity contribution in [3.05, 3.63) is 102 Å². The third-order valence-electron chi connectivity index (χ3n) is 8.04. The number of carbonyl (C=O) groups excluding carboxylic acids is 1. The minimum Gasteiger partial charge on any atom is -0.444 e. The second-order valence-corrected chi connectivity index (χ2v) is 15.1. The Kier molecular flexibility index (Phi) is 10.1. The van der Waals surface area contributed by atoms with Gasteiger partial charge in [0.05, 0.1) is 29.2 Å². The molecule has 1 aliphatic heterocycles. The van der Waals surface area contributed by atoms with E-state index in [-0.39, 0.29) is 42.8 Å². The molecule has 6 rings (SSSR count). The Bertz CT molecular complexity index is 2170. The van der Waals surface area contributed by atoms with E-state index in [0.29, 0.717) is 38.9 Å². The number of hydrogen-bond acceptors (Lipinski definition) is 9. The van der Waals surface area contributed by atoms with E-state index in [1.807, 2.05) is 6.92 Å². The van der Waals surface area contributed by atoms with Crippen LogP contribution in [0.2, 0.25) is 0 Å². The Hall–Kier alpha value is -5.37. The molecule has 14 heteroatoms. The summed E-state index contributed by atoms with van der Waals surface area (Å²) in [6.45, 7) is 7.22. The minimum absolute atomic E-state index is 0.0638. The first-order valence-corrected chi connectivity index (χ1v) is 18.0. The normalized spacial score (nSPS) is 16.5. The van der Waals surface area contributed by atoms with Crippen LogP contribution in [0.4, 0.5) is 25.2 Å². The van der Waals surface area contributed by atoms with Crippen LogP contribution in [0.25, 0.3) is 22.0 Å². The van der Waals surface area contributed by atoms with Gasteiger partial charge in [0.2, 0.25) is 21.9 Å². The topological polar surface area (TPSA) is 136 Å². The number of ether oxygens (including phenoxy) is 2. The largest absolute Gasteiger partial charge is 0.444 e. The molecule has 2 atom stereocenters. The molecule has 0 unspecified atom stereocenters. The average molecular weight is 717 g/mol. The summed E-state index contributed by atoms with van der Waals surface area (Å²) in [6.07, 6.45) is 1.40. The first-order chi connectivity index (χ1) is 24.2. The number of amides is 1. The fourth-order valence-corrected chi connectivity index (χ4v) is 7.05. The zero-order chi connectivity index (χ0) is 36.3. The van der Waals surface area contributed by atoms with Gasteiger partial charge in [-0.15, -0.1) is 0 Å². The fourth-order valence-electron chi connectivity index (χ4n) is 5.83. The summed E-state index contributed by atoms with van der Waals surface area (Å²) in [5.41, 5.74) is 1.31. The van der Waals surface area contributed by atoms with E-state index in [1.54, 1.807) is 93.8 Å². The number of benzene rings is 3. The average Bonchev–Trinajstić information content (AvgIpc) is 3.07. The van der Waals surface area contributed by atoms with E-state index in [0.717, 1.165) is 0 Å². The van der Waals surface area contributed by atoms with Crippen LogP contribution in [0.3, 0.4) is 0 Å². The second kappa shape index (κ2) is 14.5. The van der Waals surface area contributed by atoms with Crippen molar-refractivity contribution in [2.75, 3.05) is 23.1 Å². The summed E-state index contributed by atoms with van der Waals surface area (Å²) in [5.74, 6) is -0.314. The van der Waals surface area contributed by atoms with Gasteiger partial charge in [0.1, 0.15) is 23.3 Å². The van der Waals surface area contributed by atoms with Crippen LogP contribution in [0.1, 0.15) is 38.3 Å². The number of rotatable bonds is 9. The van der Waals surface area contributed by atoms with E-state index in [2.05, 4.69) is 25.0 Å². The predicted octanol–water partition coefficient (Wildman–Crippen LogP) is 7.63. The zero-order valence-corrected chi connectivity index (χ0v) is 29.4. The number of nitrogens with zero attached hydrogens (tertiary/aromatic N) is 4. The van der Waals surface area contributed by atoms with Gasteiger partial charge in [-0.3, -0.25) is 4.72 Å². The third kappa shape index (κ3) is 8.69. The molecule has 2 aromatic heterocycles.